The van der Waals surface area contributed by atoms with Crippen molar-refractivity contribution in [2.24, 2.45) is 5.41 Å². The fourth-order valence-corrected chi connectivity index (χ4v) is 2.93. The van der Waals surface area contributed by atoms with Crippen molar-refractivity contribution in [1.29, 1.82) is 0 Å². The third-order valence-corrected chi connectivity index (χ3v) is 4.51. The molecule has 1 fully saturated rings. The number of benzene rings is 1. The van der Waals surface area contributed by atoms with Crippen LogP contribution in [0.5, 0.6) is 0 Å². The molecule has 104 valence electrons. The Kier molecular flexibility index (Phi) is 4.04. The minimum absolute atomic E-state index is 0.128. The highest BCUT2D eigenvalue weighted by atomic mass is 35.5. The highest BCUT2D eigenvalue weighted by molar-refractivity contribution is 6.36. The van der Waals surface area contributed by atoms with E-state index in [1.807, 2.05) is 0 Å². The molecule has 2 rings (SSSR count). The van der Waals surface area contributed by atoms with E-state index in [1.54, 1.807) is 18.2 Å². The van der Waals surface area contributed by atoms with Gasteiger partial charge in [-0.05, 0) is 30.4 Å². The summed E-state index contributed by atoms with van der Waals surface area (Å²) in [6.45, 7) is 4.41. The highest BCUT2D eigenvalue weighted by Crippen LogP contribution is 2.35. The number of hydrogen-bond donors (Lipinski definition) is 2. The van der Waals surface area contributed by atoms with E-state index in [4.69, 9.17) is 17.3 Å². The second-order valence-electron chi connectivity index (χ2n) is 5.97. The fourth-order valence-electron chi connectivity index (χ4n) is 2.72. The SMILES string of the molecule is CC1(C)CCCCC1NC(=O)c1cccc(N)c1Cl. The Morgan fingerprint density at radius 3 is 2.84 bits per heavy atom. The van der Waals surface area contributed by atoms with Gasteiger partial charge in [0.25, 0.3) is 5.91 Å². The molecule has 1 aromatic rings. The molecule has 4 heteroatoms. The summed E-state index contributed by atoms with van der Waals surface area (Å²) in [6.07, 6.45) is 4.57. The maximum absolute atomic E-state index is 12.3. The summed E-state index contributed by atoms with van der Waals surface area (Å²) in [5.41, 5.74) is 6.78. The molecule has 0 aliphatic heterocycles. The predicted octanol–water partition coefficient (Wildman–Crippen LogP) is 3.62. The molecule has 1 aromatic carbocycles. The quantitative estimate of drug-likeness (QED) is 0.813. The second-order valence-corrected chi connectivity index (χ2v) is 6.35. The Morgan fingerprint density at radius 2 is 2.16 bits per heavy atom. The van der Waals surface area contributed by atoms with Crippen molar-refractivity contribution < 1.29 is 4.79 Å². The lowest BCUT2D eigenvalue weighted by molar-refractivity contribution is 0.0853. The summed E-state index contributed by atoms with van der Waals surface area (Å²) >= 11 is 6.09. The van der Waals surface area contributed by atoms with Crippen LogP contribution in [0.2, 0.25) is 5.02 Å². The van der Waals surface area contributed by atoms with E-state index in [2.05, 4.69) is 19.2 Å². The molecule has 0 heterocycles. The lowest BCUT2D eigenvalue weighted by Gasteiger charge is -2.39. The topological polar surface area (TPSA) is 55.1 Å². The third kappa shape index (κ3) is 3.03. The van der Waals surface area contributed by atoms with E-state index in [0.29, 0.717) is 16.3 Å². The van der Waals surface area contributed by atoms with Crippen molar-refractivity contribution in [3.63, 3.8) is 0 Å². The molecule has 1 unspecified atom stereocenters. The first-order chi connectivity index (χ1) is 8.92. The maximum Gasteiger partial charge on any atom is 0.253 e. The van der Waals surface area contributed by atoms with E-state index in [1.165, 1.54) is 12.8 Å². The Balaban J connectivity index is 2.15. The molecule has 3 N–H and O–H groups in total. The monoisotopic (exact) mass is 280 g/mol. The number of carbonyl (C=O) groups excluding carboxylic acids is 1. The van der Waals surface area contributed by atoms with Gasteiger partial charge in [0.05, 0.1) is 16.3 Å². The van der Waals surface area contributed by atoms with Crippen molar-refractivity contribution >= 4 is 23.2 Å². The van der Waals surface area contributed by atoms with E-state index in [0.717, 1.165) is 12.8 Å². The summed E-state index contributed by atoms with van der Waals surface area (Å²) < 4.78 is 0. The number of anilines is 1. The molecular weight excluding hydrogens is 260 g/mol. The summed E-state index contributed by atoms with van der Waals surface area (Å²) in [6, 6.07) is 5.36. The highest BCUT2D eigenvalue weighted by Gasteiger charge is 2.33. The first kappa shape index (κ1) is 14.2. The van der Waals surface area contributed by atoms with Crippen molar-refractivity contribution in [1.82, 2.24) is 5.32 Å². The number of nitrogen functional groups attached to an aromatic ring is 1. The maximum atomic E-state index is 12.3. The van der Waals surface area contributed by atoms with Crippen LogP contribution in [-0.4, -0.2) is 11.9 Å². The van der Waals surface area contributed by atoms with E-state index < -0.39 is 0 Å². The molecule has 1 aliphatic carbocycles. The zero-order valence-corrected chi connectivity index (χ0v) is 12.3. The zero-order valence-electron chi connectivity index (χ0n) is 11.5. The third-order valence-electron chi connectivity index (χ3n) is 4.09. The lowest BCUT2D eigenvalue weighted by atomic mass is 9.73. The molecule has 3 nitrogen and oxygen atoms in total. The molecule has 0 radical (unpaired) electrons. The Bertz CT molecular complexity index is 485. The number of hydrogen-bond acceptors (Lipinski definition) is 2. The van der Waals surface area contributed by atoms with Crippen LogP contribution in [0.4, 0.5) is 5.69 Å². The largest absolute Gasteiger partial charge is 0.398 e. The molecule has 1 amide bonds. The summed E-state index contributed by atoms with van der Waals surface area (Å²) in [7, 11) is 0. The molecule has 1 atom stereocenters. The number of rotatable bonds is 2. The van der Waals surface area contributed by atoms with Crippen molar-refractivity contribution in [2.45, 2.75) is 45.6 Å². The van der Waals surface area contributed by atoms with Crippen molar-refractivity contribution in [3.05, 3.63) is 28.8 Å². The molecule has 0 aromatic heterocycles. The zero-order chi connectivity index (χ0) is 14.0. The van der Waals surface area contributed by atoms with Gasteiger partial charge in [0.15, 0.2) is 0 Å². The molecule has 0 saturated heterocycles. The van der Waals surface area contributed by atoms with Gasteiger partial charge in [-0.1, -0.05) is 44.4 Å². The molecular formula is C15H21ClN2O. The van der Waals surface area contributed by atoms with Gasteiger partial charge in [-0.3, -0.25) is 4.79 Å². The van der Waals surface area contributed by atoms with Crippen LogP contribution in [0.25, 0.3) is 0 Å². The number of halogens is 1. The van der Waals surface area contributed by atoms with Crippen LogP contribution in [0.1, 0.15) is 49.9 Å². The number of amides is 1. The van der Waals surface area contributed by atoms with E-state index in [-0.39, 0.29) is 17.4 Å². The standard InChI is InChI=1S/C15H21ClN2O/c1-15(2)9-4-3-8-12(15)18-14(19)10-6-5-7-11(17)13(10)16/h5-7,12H,3-4,8-9,17H2,1-2H3,(H,18,19). The van der Waals surface area contributed by atoms with Crippen LogP contribution in [0.3, 0.4) is 0 Å². The van der Waals surface area contributed by atoms with Crippen LogP contribution >= 0.6 is 11.6 Å². The number of carbonyl (C=O) groups is 1. The van der Waals surface area contributed by atoms with Gasteiger partial charge in [0.1, 0.15) is 0 Å². The van der Waals surface area contributed by atoms with Gasteiger partial charge < -0.3 is 11.1 Å². The number of nitrogens with two attached hydrogens (primary N) is 1. The average Bonchev–Trinajstić information content (AvgIpc) is 2.35. The Morgan fingerprint density at radius 1 is 1.42 bits per heavy atom. The molecule has 19 heavy (non-hydrogen) atoms. The van der Waals surface area contributed by atoms with Gasteiger partial charge in [-0.2, -0.15) is 0 Å². The summed E-state index contributed by atoms with van der Waals surface area (Å²) in [5, 5.41) is 3.46. The predicted molar refractivity (Wildman–Crippen MR) is 79.4 cm³/mol. The Hall–Kier alpha value is -1.22. The minimum Gasteiger partial charge on any atom is -0.398 e. The van der Waals surface area contributed by atoms with Crippen molar-refractivity contribution in [3.8, 4) is 0 Å². The molecule has 0 spiro atoms. The van der Waals surface area contributed by atoms with E-state index in [9.17, 15) is 4.79 Å². The minimum atomic E-state index is -0.128. The van der Waals surface area contributed by atoms with Crippen LogP contribution in [-0.2, 0) is 0 Å². The first-order valence-corrected chi connectivity index (χ1v) is 7.14. The molecule has 0 bridgehead atoms. The van der Waals surface area contributed by atoms with Gasteiger partial charge >= 0.3 is 0 Å². The lowest BCUT2D eigenvalue weighted by Crippen LogP contribution is -2.46. The van der Waals surface area contributed by atoms with Gasteiger partial charge in [-0.25, -0.2) is 0 Å². The Labute approximate surface area is 119 Å². The summed E-state index contributed by atoms with van der Waals surface area (Å²) in [4.78, 5) is 12.3. The normalized spacial score (nSPS) is 21.9. The average molecular weight is 281 g/mol. The van der Waals surface area contributed by atoms with Crippen LogP contribution in [0, 0.1) is 5.41 Å². The second kappa shape index (κ2) is 5.41. The fraction of sp³-hybridized carbons (Fsp3) is 0.533. The number of nitrogens with one attached hydrogen (secondary N) is 1. The molecule has 1 saturated carbocycles. The van der Waals surface area contributed by atoms with Crippen LogP contribution in [0.15, 0.2) is 18.2 Å². The smallest absolute Gasteiger partial charge is 0.253 e. The summed E-state index contributed by atoms with van der Waals surface area (Å²) in [5.74, 6) is -0.128. The van der Waals surface area contributed by atoms with Crippen molar-refractivity contribution in [2.75, 3.05) is 5.73 Å². The molecule has 1 aliphatic rings. The first-order valence-electron chi connectivity index (χ1n) is 6.76. The van der Waals surface area contributed by atoms with Gasteiger partial charge in [-0.15, -0.1) is 0 Å². The van der Waals surface area contributed by atoms with Gasteiger partial charge in [0.2, 0.25) is 0 Å². The van der Waals surface area contributed by atoms with Gasteiger partial charge in [0, 0.05) is 6.04 Å². The van der Waals surface area contributed by atoms with E-state index >= 15 is 0 Å². The van der Waals surface area contributed by atoms with Crippen LogP contribution < -0.4 is 11.1 Å².